The molecule has 2 unspecified atom stereocenters. The molecular weight excluding hydrogens is 464 g/mol. The molecule has 0 saturated carbocycles. The van der Waals surface area contributed by atoms with E-state index in [1.54, 1.807) is 49.9 Å². The van der Waals surface area contributed by atoms with Crippen molar-refractivity contribution in [2.75, 3.05) is 19.0 Å². The van der Waals surface area contributed by atoms with Crippen LogP contribution in [0.3, 0.4) is 0 Å². The summed E-state index contributed by atoms with van der Waals surface area (Å²) in [7, 11) is 3.27. The Morgan fingerprint density at radius 3 is 2.52 bits per heavy atom. The predicted molar refractivity (Wildman–Crippen MR) is 127 cm³/mol. The van der Waals surface area contributed by atoms with Gasteiger partial charge in [-0.15, -0.1) is 21.5 Å². The molecule has 3 N–H and O–H groups in total. The summed E-state index contributed by atoms with van der Waals surface area (Å²) in [6.07, 6.45) is 0. The third-order valence-electron chi connectivity index (χ3n) is 4.93. The van der Waals surface area contributed by atoms with Crippen molar-refractivity contribution in [1.29, 1.82) is 0 Å². The predicted octanol–water partition coefficient (Wildman–Crippen LogP) is 2.48. The number of amides is 2. The zero-order chi connectivity index (χ0) is 24.1. The number of aliphatic hydroxyl groups excluding tert-OH is 1. The van der Waals surface area contributed by atoms with Crippen LogP contribution in [0.1, 0.15) is 39.7 Å². The fourth-order valence-corrected chi connectivity index (χ4v) is 4.49. The maximum Gasteiger partial charge on any atom is 0.251 e. The molecule has 3 rings (SSSR count). The Balaban J connectivity index is 1.66. The molecule has 33 heavy (non-hydrogen) atoms. The third-order valence-corrected chi connectivity index (χ3v) is 7.05. The van der Waals surface area contributed by atoms with Crippen LogP contribution in [-0.4, -0.2) is 55.6 Å². The Labute approximate surface area is 199 Å². The fraction of sp³-hybridized carbons (Fsp3) is 0.381. The van der Waals surface area contributed by atoms with E-state index in [1.165, 1.54) is 23.1 Å². The van der Waals surface area contributed by atoms with Crippen LogP contribution in [0.2, 0.25) is 0 Å². The summed E-state index contributed by atoms with van der Waals surface area (Å²) in [5, 5.41) is 24.3. The van der Waals surface area contributed by atoms with Crippen molar-refractivity contribution in [2.45, 2.75) is 37.2 Å². The number of nitrogens with one attached hydrogen (secondary N) is 2. The van der Waals surface area contributed by atoms with Crippen LogP contribution < -0.4 is 15.4 Å². The molecule has 2 aromatic heterocycles. The number of nitrogens with zero attached hydrogens (tertiary/aromatic N) is 4. The van der Waals surface area contributed by atoms with Crippen LogP contribution in [0.5, 0.6) is 5.75 Å². The molecule has 0 bridgehead atoms. The smallest absolute Gasteiger partial charge is 0.251 e. The van der Waals surface area contributed by atoms with Gasteiger partial charge < -0.3 is 25.0 Å². The van der Waals surface area contributed by atoms with Gasteiger partial charge in [0.1, 0.15) is 11.8 Å². The molecule has 2 heterocycles. The topological polar surface area (TPSA) is 131 Å². The lowest BCUT2D eigenvalue weighted by Crippen LogP contribution is -2.32. The van der Waals surface area contributed by atoms with Crippen molar-refractivity contribution in [1.82, 2.24) is 25.1 Å². The number of aryl methyl sites for hydroxylation is 2. The van der Waals surface area contributed by atoms with Crippen LogP contribution in [0.15, 0.2) is 29.4 Å². The molecule has 0 aliphatic rings. The highest BCUT2D eigenvalue weighted by atomic mass is 32.2. The first-order valence-electron chi connectivity index (χ1n) is 10.1. The van der Waals surface area contributed by atoms with Gasteiger partial charge in [-0.2, -0.15) is 0 Å². The number of hydrogen-bond donors (Lipinski definition) is 3. The van der Waals surface area contributed by atoms with E-state index in [2.05, 4.69) is 25.8 Å². The van der Waals surface area contributed by atoms with Crippen molar-refractivity contribution >= 4 is 40.0 Å². The number of methoxy groups -OCH3 is 1. The number of thiazole rings is 1. The number of carbonyl (C=O) groups excluding carboxylic acids is 2. The van der Waals surface area contributed by atoms with Gasteiger partial charge in [-0.3, -0.25) is 9.59 Å². The maximum absolute atomic E-state index is 12.6. The van der Waals surface area contributed by atoms with Crippen LogP contribution >= 0.6 is 23.1 Å². The summed E-state index contributed by atoms with van der Waals surface area (Å²) in [5.41, 5.74) is 1.31. The highest BCUT2D eigenvalue weighted by Gasteiger charge is 2.24. The first kappa shape index (κ1) is 24.7. The van der Waals surface area contributed by atoms with E-state index < -0.39 is 11.3 Å². The Hall–Kier alpha value is -2.96. The van der Waals surface area contributed by atoms with Crippen LogP contribution in [-0.2, 0) is 11.8 Å². The van der Waals surface area contributed by atoms with E-state index in [0.717, 1.165) is 10.6 Å². The largest absolute Gasteiger partial charge is 0.497 e. The molecule has 1 aromatic carbocycles. The molecule has 0 radical (unpaired) electrons. The number of benzene rings is 1. The van der Waals surface area contributed by atoms with Gasteiger partial charge in [0.15, 0.2) is 16.1 Å². The SMILES string of the molecule is COc1ccc(C(=O)NC(CO)c2nnc(SC(C)C(=O)Nc3nc(C)c(C)s3)n2C)cc1. The minimum absolute atomic E-state index is 0.204. The number of hydrogen-bond acceptors (Lipinski definition) is 9. The highest BCUT2D eigenvalue weighted by Crippen LogP contribution is 2.26. The standard InChI is InChI=1S/C21H26N6O4S2/c1-11-12(2)32-20(22-11)24-18(29)13(3)33-21-26-25-17(27(21)4)16(10-28)23-19(30)14-6-8-15(31-5)9-7-14/h6-9,13,16,28H,10H2,1-5H3,(H,23,30)(H,22,24,29). The van der Waals surface area contributed by atoms with Crippen molar-refractivity contribution in [3.63, 3.8) is 0 Å². The van der Waals surface area contributed by atoms with Gasteiger partial charge in [0.05, 0.1) is 24.7 Å². The second-order valence-electron chi connectivity index (χ2n) is 7.25. The Morgan fingerprint density at radius 2 is 1.94 bits per heavy atom. The average molecular weight is 491 g/mol. The Morgan fingerprint density at radius 1 is 1.24 bits per heavy atom. The molecule has 10 nitrogen and oxygen atoms in total. The van der Waals surface area contributed by atoms with E-state index in [9.17, 15) is 14.7 Å². The molecule has 0 aliphatic carbocycles. The quantitative estimate of drug-likeness (QED) is 0.390. The summed E-state index contributed by atoms with van der Waals surface area (Å²) in [6.45, 7) is 5.24. The molecule has 2 amide bonds. The van der Waals surface area contributed by atoms with E-state index >= 15 is 0 Å². The van der Waals surface area contributed by atoms with Gasteiger partial charge in [0.25, 0.3) is 5.91 Å². The number of aromatic nitrogens is 4. The minimum Gasteiger partial charge on any atom is -0.497 e. The van der Waals surface area contributed by atoms with Gasteiger partial charge >= 0.3 is 0 Å². The highest BCUT2D eigenvalue weighted by molar-refractivity contribution is 8.00. The summed E-state index contributed by atoms with van der Waals surface area (Å²) >= 11 is 2.65. The molecule has 0 aliphatic heterocycles. The van der Waals surface area contributed by atoms with Gasteiger partial charge in [-0.05, 0) is 45.0 Å². The van der Waals surface area contributed by atoms with E-state index in [4.69, 9.17) is 4.74 Å². The van der Waals surface area contributed by atoms with Crippen molar-refractivity contribution in [3.8, 4) is 5.75 Å². The molecule has 0 spiro atoms. The van der Waals surface area contributed by atoms with Crippen molar-refractivity contribution < 1.29 is 19.4 Å². The second kappa shape index (κ2) is 10.8. The van der Waals surface area contributed by atoms with Crippen molar-refractivity contribution in [2.24, 2.45) is 7.05 Å². The first-order chi connectivity index (χ1) is 15.7. The monoisotopic (exact) mass is 490 g/mol. The minimum atomic E-state index is -0.767. The lowest BCUT2D eigenvalue weighted by atomic mass is 10.2. The first-order valence-corrected chi connectivity index (χ1v) is 11.8. The normalized spacial score (nSPS) is 12.8. The molecule has 12 heteroatoms. The van der Waals surface area contributed by atoms with Gasteiger partial charge in [-0.25, -0.2) is 4.98 Å². The Bertz CT molecular complexity index is 1110. The molecular formula is C21H26N6O4S2. The number of carbonyl (C=O) groups is 2. The molecule has 176 valence electrons. The Kier molecular flexibility index (Phi) is 8.06. The number of ether oxygens (including phenoxy) is 1. The third kappa shape index (κ3) is 5.89. The van der Waals surface area contributed by atoms with Crippen molar-refractivity contribution in [3.05, 3.63) is 46.2 Å². The van der Waals surface area contributed by atoms with E-state index in [0.29, 0.717) is 27.4 Å². The number of anilines is 1. The number of thioether (sulfide) groups is 1. The van der Waals surface area contributed by atoms with E-state index in [1.807, 2.05) is 13.8 Å². The summed E-state index contributed by atoms with van der Waals surface area (Å²) in [5.74, 6) is 0.444. The summed E-state index contributed by atoms with van der Waals surface area (Å²) in [6, 6.07) is 5.86. The number of rotatable bonds is 9. The van der Waals surface area contributed by atoms with Crippen LogP contribution in [0.4, 0.5) is 5.13 Å². The van der Waals surface area contributed by atoms with Crippen LogP contribution in [0, 0.1) is 13.8 Å². The van der Waals surface area contributed by atoms with Gasteiger partial charge in [0.2, 0.25) is 5.91 Å². The van der Waals surface area contributed by atoms with Gasteiger partial charge in [-0.1, -0.05) is 11.8 Å². The molecule has 0 fully saturated rings. The lowest BCUT2D eigenvalue weighted by Gasteiger charge is -2.16. The maximum atomic E-state index is 12.6. The number of aliphatic hydroxyl groups is 1. The molecule has 3 aromatic rings. The van der Waals surface area contributed by atoms with Crippen LogP contribution in [0.25, 0.3) is 0 Å². The zero-order valence-corrected chi connectivity index (χ0v) is 20.6. The van der Waals surface area contributed by atoms with E-state index in [-0.39, 0.29) is 18.4 Å². The average Bonchev–Trinajstić information content (AvgIpc) is 3.32. The lowest BCUT2D eigenvalue weighted by molar-refractivity contribution is -0.115. The second-order valence-corrected chi connectivity index (χ2v) is 9.76. The fourth-order valence-electron chi connectivity index (χ4n) is 2.85. The zero-order valence-electron chi connectivity index (χ0n) is 18.9. The molecule has 2 atom stereocenters. The summed E-state index contributed by atoms with van der Waals surface area (Å²) < 4.78 is 6.75. The summed E-state index contributed by atoms with van der Waals surface area (Å²) in [4.78, 5) is 30.5. The molecule has 0 saturated heterocycles. The van der Waals surface area contributed by atoms with Gasteiger partial charge in [0, 0.05) is 17.5 Å².